The van der Waals surface area contributed by atoms with Gasteiger partial charge in [-0.1, -0.05) is 37.6 Å². The molecule has 0 bridgehead atoms. The summed E-state index contributed by atoms with van der Waals surface area (Å²) in [5, 5.41) is 12.6. The van der Waals surface area contributed by atoms with E-state index in [-0.39, 0.29) is 36.0 Å². The second-order valence-electron chi connectivity index (χ2n) is 7.75. The van der Waals surface area contributed by atoms with Crippen molar-refractivity contribution in [2.24, 2.45) is 5.92 Å². The average molecular weight is 461 g/mol. The van der Waals surface area contributed by atoms with Gasteiger partial charge < -0.3 is 10.2 Å². The number of carbonyl (C=O) groups is 1. The predicted octanol–water partition coefficient (Wildman–Crippen LogP) is 3.62. The van der Waals surface area contributed by atoms with Crippen molar-refractivity contribution >= 4 is 27.7 Å². The van der Waals surface area contributed by atoms with Crippen LogP contribution < -0.4 is 5.32 Å². The number of rotatable bonds is 5. The van der Waals surface area contributed by atoms with E-state index in [1.165, 1.54) is 28.6 Å². The van der Waals surface area contributed by atoms with Crippen molar-refractivity contribution in [3.8, 4) is 6.07 Å². The van der Waals surface area contributed by atoms with Gasteiger partial charge >= 0.3 is 6.03 Å². The molecule has 0 saturated carbocycles. The maximum absolute atomic E-state index is 12.9. The predicted molar refractivity (Wildman–Crippen MR) is 119 cm³/mol. The van der Waals surface area contributed by atoms with E-state index in [2.05, 4.69) is 5.32 Å². The topological polar surface area (TPSA) is 93.5 Å². The number of benzene rings is 2. The number of carbonyl (C=O) groups excluding carboxylic acids is 1. The first-order chi connectivity index (χ1) is 14.7. The zero-order valence-electron chi connectivity index (χ0n) is 17.5. The fourth-order valence-electron chi connectivity index (χ4n) is 3.51. The number of urea groups is 1. The Bertz CT molecular complexity index is 1060. The van der Waals surface area contributed by atoms with Crippen LogP contribution in [0.5, 0.6) is 0 Å². The van der Waals surface area contributed by atoms with Crippen molar-refractivity contribution in [2.75, 3.05) is 26.2 Å². The Hall–Kier alpha value is -2.60. The van der Waals surface area contributed by atoms with Crippen molar-refractivity contribution in [1.29, 1.82) is 5.26 Å². The summed E-state index contributed by atoms with van der Waals surface area (Å²) < 4.78 is 27.1. The van der Waals surface area contributed by atoms with Gasteiger partial charge in [0.2, 0.25) is 10.0 Å². The number of nitrogens with zero attached hydrogens (tertiary/aromatic N) is 3. The van der Waals surface area contributed by atoms with E-state index in [1.807, 2.05) is 32.0 Å². The van der Waals surface area contributed by atoms with Crippen LogP contribution in [0, 0.1) is 17.2 Å². The summed E-state index contributed by atoms with van der Waals surface area (Å²) in [7, 11) is -3.67. The normalized spacial score (nSPS) is 16.0. The average Bonchev–Trinajstić information content (AvgIpc) is 2.78. The molecule has 2 aromatic carbocycles. The zero-order chi connectivity index (χ0) is 22.6. The number of halogens is 1. The van der Waals surface area contributed by atoms with Gasteiger partial charge in [-0.2, -0.15) is 9.57 Å². The number of hydrogen-bond donors (Lipinski definition) is 1. The van der Waals surface area contributed by atoms with E-state index in [0.29, 0.717) is 23.7 Å². The van der Waals surface area contributed by atoms with Crippen LogP contribution in [-0.2, 0) is 10.0 Å². The van der Waals surface area contributed by atoms with Crippen molar-refractivity contribution < 1.29 is 13.2 Å². The summed E-state index contributed by atoms with van der Waals surface area (Å²) in [6, 6.07) is 14.8. The third kappa shape index (κ3) is 5.37. The Morgan fingerprint density at radius 1 is 1.03 bits per heavy atom. The van der Waals surface area contributed by atoms with Gasteiger partial charge in [-0.3, -0.25) is 0 Å². The number of hydrogen-bond acceptors (Lipinski definition) is 4. The molecule has 3 rings (SSSR count). The summed E-state index contributed by atoms with van der Waals surface area (Å²) in [5.74, 6) is 0.170. The van der Waals surface area contributed by atoms with E-state index in [0.717, 1.165) is 5.56 Å². The number of sulfonamides is 1. The molecule has 164 valence electrons. The number of amides is 2. The van der Waals surface area contributed by atoms with E-state index in [4.69, 9.17) is 16.9 Å². The van der Waals surface area contributed by atoms with Gasteiger partial charge in [-0.15, -0.1) is 0 Å². The largest absolute Gasteiger partial charge is 0.331 e. The third-order valence-electron chi connectivity index (χ3n) is 5.32. The zero-order valence-corrected chi connectivity index (χ0v) is 19.0. The quantitative estimate of drug-likeness (QED) is 0.737. The lowest BCUT2D eigenvalue weighted by Gasteiger charge is -2.35. The summed E-state index contributed by atoms with van der Waals surface area (Å²) in [4.78, 5) is 14.6. The molecule has 1 aliphatic heterocycles. The molecule has 0 spiro atoms. The van der Waals surface area contributed by atoms with Crippen molar-refractivity contribution in [3.05, 3.63) is 64.7 Å². The third-order valence-corrected chi connectivity index (χ3v) is 7.49. The molecule has 1 fully saturated rings. The molecule has 9 heteroatoms. The molecule has 0 aliphatic carbocycles. The minimum atomic E-state index is -3.67. The molecular weight excluding hydrogens is 436 g/mol. The van der Waals surface area contributed by atoms with Crippen molar-refractivity contribution in [2.45, 2.75) is 24.8 Å². The summed E-state index contributed by atoms with van der Waals surface area (Å²) in [5.41, 5.74) is 1.37. The molecule has 1 saturated heterocycles. The highest BCUT2D eigenvalue weighted by Crippen LogP contribution is 2.24. The van der Waals surface area contributed by atoms with Gasteiger partial charge in [-0.05, 0) is 47.9 Å². The van der Waals surface area contributed by atoms with Crippen LogP contribution >= 0.6 is 11.6 Å². The first-order valence-electron chi connectivity index (χ1n) is 10.0. The molecule has 31 heavy (non-hydrogen) atoms. The Kier molecular flexibility index (Phi) is 7.21. The SMILES string of the molecule is CC(C)C(NC(=O)N1CCN(S(=O)(=O)c2ccc(C#N)cc2)CC1)c1ccc(Cl)cc1. The number of nitrogens with one attached hydrogen (secondary N) is 1. The van der Waals surface area contributed by atoms with Crippen LogP contribution in [-0.4, -0.2) is 49.8 Å². The maximum Gasteiger partial charge on any atom is 0.317 e. The van der Waals surface area contributed by atoms with Crippen molar-refractivity contribution in [3.63, 3.8) is 0 Å². The molecule has 1 atom stereocenters. The second-order valence-corrected chi connectivity index (χ2v) is 10.1. The molecule has 1 heterocycles. The molecule has 1 N–H and O–H groups in total. The molecule has 2 amide bonds. The van der Waals surface area contributed by atoms with Crippen LogP contribution in [0.15, 0.2) is 53.4 Å². The highest BCUT2D eigenvalue weighted by molar-refractivity contribution is 7.89. The molecule has 2 aromatic rings. The van der Waals surface area contributed by atoms with Gasteiger partial charge in [0.05, 0.1) is 22.6 Å². The van der Waals surface area contributed by atoms with Crippen LogP contribution in [0.1, 0.15) is 31.0 Å². The molecule has 0 aromatic heterocycles. The Morgan fingerprint density at radius 2 is 1.61 bits per heavy atom. The molecule has 1 aliphatic rings. The van der Waals surface area contributed by atoms with E-state index < -0.39 is 10.0 Å². The highest BCUT2D eigenvalue weighted by atomic mass is 35.5. The lowest BCUT2D eigenvalue weighted by atomic mass is 9.96. The fourth-order valence-corrected chi connectivity index (χ4v) is 5.06. The molecule has 1 unspecified atom stereocenters. The Morgan fingerprint density at radius 3 is 2.13 bits per heavy atom. The summed E-state index contributed by atoms with van der Waals surface area (Å²) in [6.07, 6.45) is 0. The van der Waals surface area contributed by atoms with Gasteiger partial charge in [-0.25, -0.2) is 13.2 Å². The molecular formula is C22H25ClN4O3S. The lowest BCUT2D eigenvalue weighted by Crippen LogP contribution is -2.53. The highest BCUT2D eigenvalue weighted by Gasteiger charge is 2.31. The number of nitriles is 1. The smallest absolute Gasteiger partial charge is 0.317 e. The van der Waals surface area contributed by atoms with Gasteiger partial charge in [0.1, 0.15) is 0 Å². The minimum Gasteiger partial charge on any atom is -0.331 e. The summed E-state index contributed by atoms with van der Waals surface area (Å²) >= 11 is 5.97. The van der Waals surface area contributed by atoms with E-state index in [9.17, 15) is 13.2 Å². The number of piperazine rings is 1. The van der Waals surface area contributed by atoms with Crippen LogP contribution in [0.2, 0.25) is 5.02 Å². The minimum absolute atomic E-state index is 0.145. The first kappa shape index (κ1) is 23.1. The monoisotopic (exact) mass is 460 g/mol. The lowest BCUT2D eigenvalue weighted by molar-refractivity contribution is 0.166. The van der Waals surface area contributed by atoms with Crippen LogP contribution in [0.4, 0.5) is 4.79 Å². The maximum atomic E-state index is 12.9. The standard InChI is InChI=1S/C22H25ClN4O3S/c1-16(2)21(18-5-7-19(23)8-6-18)25-22(28)26-11-13-27(14-12-26)31(29,30)20-9-3-17(15-24)4-10-20/h3-10,16,21H,11-14H2,1-2H3,(H,25,28). The second kappa shape index (κ2) is 9.69. The molecule has 7 nitrogen and oxygen atoms in total. The first-order valence-corrected chi connectivity index (χ1v) is 11.9. The fraction of sp³-hybridized carbons (Fsp3) is 0.364. The Labute approximate surface area is 188 Å². The van der Waals surface area contributed by atoms with E-state index in [1.54, 1.807) is 17.0 Å². The van der Waals surface area contributed by atoms with Crippen LogP contribution in [0.25, 0.3) is 0 Å². The van der Waals surface area contributed by atoms with Crippen LogP contribution in [0.3, 0.4) is 0 Å². The summed E-state index contributed by atoms with van der Waals surface area (Å²) in [6.45, 7) is 5.08. The van der Waals surface area contributed by atoms with Gasteiger partial charge in [0.15, 0.2) is 0 Å². The molecule has 0 radical (unpaired) electrons. The van der Waals surface area contributed by atoms with Gasteiger partial charge in [0, 0.05) is 31.2 Å². The van der Waals surface area contributed by atoms with Gasteiger partial charge in [0.25, 0.3) is 0 Å². The Balaban J connectivity index is 1.63. The van der Waals surface area contributed by atoms with Crippen molar-refractivity contribution in [1.82, 2.24) is 14.5 Å². The van der Waals surface area contributed by atoms with E-state index >= 15 is 0 Å².